The highest BCUT2D eigenvalue weighted by Gasteiger charge is 2.20. The zero-order valence-corrected chi connectivity index (χ0v) is 16.6. The Morgan fingerprint density at radius 2 is 1.89 bits per heavy atom. The fraction of sp³-hybridized carbons (Fsp3) is 0.636. The molecule has 0 atom stereocenters. The van der Waals surface area contributed by atoms with Gasteiger partial charge in [0, 0.05) is 37.7 Å². The van der Waals surface area contributed by atoms with Crippen molar-refractivity contribution in [2.24, 2.45) is 0 Å². The molecular formula is C22H33N3O2. The van der Waals surface area contributed by atoms with Crippen LogP contribution in [0.25, 0.3) is 0 Å². The van der Waals surface area contributed by atoms with Gasteiger partial charge in [-0.1, -0.05) is 31.4 Å². The van der Waals surface area contributed by atoms with Crippen LogP contribution in [0.3, 0.4) is 0 Å². The van der Waals surface area contributed by atoms with Gasteiger partial charge in [-0.25, -0.2) is 0 Å². The molecule has 1 saturated heterocycles. The van der Waals surface area contributed by atoms with E-state index in [0.29, 0.717) is 25.1 Å². The highest BCUT2D eigenvalue weighted by Crippen LogP contribution is 2.21. The highest BCUT2D eigenvalue weighted by molar-refractivity contribution is 5.94. The minimum absolute atomic E-state index is 0.0147. The zero-order valence-electron chi connectivity index (χ0n) is 16.6. The monoisotopic (exact) mass is 371 g/mol. The molecule has 1 saturated carbocycles. The van der Waals surface area contributed by atoms with E-state index in [-0.39, 0.29) is 11.8 Å². The van der Waals surface area contributed by atoms with Gasteiger partial charge in [-0.3, -0.25) is 9.59 Å². The molecule has 1 N–H and O–H groups in total. The predicted molar refractivity (Wildman–Crippen MR) is 108 cm³/mol. The maximum Gasteiger partial charge on any atom is 0.251 e. The van der Waals surface area contributed by atoms with E-state index < -0.39 is 0 Å². The van der Waals surface area contributed by atoms with Gasteiger partial charge in [-0.2, -0.15) is 0 Å². The molecule has 5 nitrogen and oxygen atoms in total. The summed E-state index contributed by atoms with van der Waals surface area (Å²) in [5, 5.41) is 3.03. The lowest BCUT2D eigenvalue weighted by atomic mass is 9.94. The normalized spacial score (nSPS) is 18.3. The van der Waals surface area contributed by atoms with Gasteiger partial charge in [0.15, 0.2) is 0 Å². The second-order valence-corrected chi connectivity index (χ2v) is 8.00. The number of carbonyl (C=O) groups excluding carboxylic acids is 2. The summed E-state index contributed by atoms with van der Waals surface area (Å²) in [6.07, 6.45) is 9.32. The van der Waals surface area contributed by atoms with Crippen molar-refractivity contribution in [2.45, 2.75) is 64.0 Å². The Morgan fingerprint density at radius 3 is 2.56 bits per heavy atom. The molecule has 1 heterocycles. The molecule has 0 radical (unpaired) electrons. The van der Waals surface area contributed by atoms with Gasteiger partial charge in [-0.05, 0) is 57.0 Å². The average molecular weight is 372 g/mol. The Balaban J connectivity index is 1.37. The second-order valence-electron chi connectivity index (χ2n) is 8.00. The van der Waals surface area contributed by atoms with E-state index in [4.69, 9.17) is 0 Å². The third-order valence-corrected chi connectivity index (χ3v) is 5.93. The molecule has 5 heteroatoms. The molecule has 148 valence electrons. The van der Waals surface area contributed by atoms with Crippen LogP contribution >= 0.6 is 0 Å². The summed E-state index contributed by atoms with van der Waals surface area (Å²) in [6, 6.07) is 8.36. The number of likely N-dealkylation sites (tertiary alicyclic amines) is 1. The van der Waals surface area contributed by atoms with Crippen molar-refractivity contribution in [3.05, 3.63) is 35.4 Å². The molecule has 2 fully saturated rings. The average Bonchev–Trinajstić information content (AvgIpc) is 3.10. The minimum Gasteiger partial charge on any atom is -0.352 e. The smallest absolute Gasteiger partial charge is 0.251 e. The Morgan fingerprint density at radius 1 is 1.15 bits per heavy atom. The van der Waals surface area contributed by atoms with Crippen LogP contribution in [0, 0.1) is 0 Å². The van der Waals surface area contributed by atoms with Gasteiger partial charge in [0.05, 0.1) is 0 Å². The maximum atomic E-state index is 12.3. The molecule has 0 unspecified atom stereocenters. The summed E-state index contributed by atoms with van der Waals surface area (Å²) in [7, 11) is 2.21. The van der Waals surface area contributed by atoms with Crippen LogP contribution in [-0.4, -0.2) is 54.3 Å². The first-order valence-corrected chi connectivity index (χ1v) is 10.5. The molecule has 0 aromatic heterocycles. The summed E-state index contributed by atoms with van der Waals surface area (Å²) in [5.41, 5.74) is 1.77. The van der Waals surface area contributed by atoms with E-state index in [2.05, 4.69) is 17.3 Å². The van der Waals surface area contributed by atoms with Gasteiger partial charge in [-0.15, -0.1) is 0 Å². The van der Waals surface area contributed by atoms with Crippen molar-refractivity contribution < 1.29 is 9.59 Å². The molecular weight excluding hydrogens is 338 g/mol. The van der Waals surface area contributed by atoms with E-state index in [1.165, 1.54) is 32.1 Å². The summed E-state index contributed by atoms with van der Waals surface area (Å²) >= 11 is 0. The number of carbonyl (C=O) groups is 2. The number of hydrogen-bond acceptors (Lipinski definition) is 3. The molecule has 1 aliphatic carbocycles. The molecule has 1 aromatic rings. The summed E-state index contributed by atoms with van der Waals surface area (Å²) in [4.78, 5) is 28.4. The van der Waals surface area contributed by atoms with Crippen molar-refractivity contribution in [3.8, 4) is 0 Å². The van der Waals surface area contributed by atoms with Crippen molar-refractivity contribution in [1.29, 1.82) is 0 Å². The van der Waals surface area contributed by atoms with E-state index in [1.807, 2.05) is 29.2 Å². The lowest BCUT2D eigenvalue weighted by Gasteiger charge is -2.31. The Bertz CT molecular complexity index is 623. The zero-order chi connectivity index (χ0) is 19.1. The Kier molecular flexibility index (Phi) is 7.27. The van der Waals surface area contributed by atoms with E-state index in [1.54, 1.807) is 0 Å². The molecule has 1 aliphatic heterocycles. The number of benzene rings is 1. The SMILES string of the molecule is CN(CCCNC(=O)c1ccc(CN2CCCC2=O)cc1)C1CCCCC1. The molecule has 2 aliphatic rings. The van der Waals surface area contributed by atoms with Crippen molar-refractivity contribution in [3.63, 3.8) is 0 Å². The third kappa shape index (κ3) is 5.80. The Labute approximate surface area is 163 Å². The number of hydrogen-bond donors (Lipinski definition) is 1. The summed E-state index contributed by atoms with van der Waals surface area (Å²) in [5.74, 6) is 0.217. The summed E-state index contributed by atoms with van der Waals surface area (Å²) in [6.45, 7) is 3.23. The van der Waals surface area contributed by atoms with Crippen LogP contribution in [0.2, 0.25) is 0 Å². The second kappa shape index (κ2) is 9.88. The molecule has 0 spiro atoms. The van der Waals surface area contributed by atoms with Gasteiger partial charge >= 0.3 is 0 Å². The van der Waals surface area contributed by atoms with E-state index >= 15 is 0 Å². The van der Waals surface area contributed by atoms with Crippen molar-refractivity contribution in [2.75, 3.05) is 26.7 Å². The maximum absolute atomic E-state index is 12.3. The van der Waals surface area contributed by atoms with Crippen LogP contribution in [0.1, 0.15) is 67.3 Å². The van der Waals surface area contributed by atoms with Gasteiger partial charge in [0.1, 0.15) is 0 Å². The van der Waals surface area contributed by atoms with Gasteiger partial charge in [0.2, 0.25) is 5.91 Å². The van der Waals surface area contributed by atoms with Crippen LogP contribution in [0.5, 0.6) is 0 Å². The first kappa shape index (κ1) is 19.9. The largest absolute Gasteiger partial charge is 0.352 e. The fourth-order valence-electron chi connectivity index (χ4n) is 4.19. The van der Waals surface area contributed by atoms with Crippen LogP contribution < -0.4 is 5.32 Å². The van der Waals surface area contributed by atoms with E-state index in [9.17, 15) is 9.59 Å². The van der Waals surface area contributed by atoms with Crippen LogP contribution in [-0.2, 0) is 11.3 Å². The first-order chi connectivity index (χ1) is 13.1. The quantitative estimate of drug-likeness (QED) is 0.714. The minimum atomic E-state index is -0.0147. The van der Waals surface area contributed by atoms with Crippen molar-refractivity contribution >= 4 is 11.8 Å². The number of rotatable bonds is 8. The van der Waals surface area contributed by atoms with Crippen molar-refractivity contribution in [1.82, 2.24) is 15.1 Å². The standard InChI is InChI=1S/C22H33N3O2/c1-24(20-7-3-2-4-8-20)15-6-14-23-22(27)19-12-10-18(11-13-19)17-25-16-5-9-21(25)26/h10-13,20H,2-9,14-17H2,1H3,(H,23,27). The van der Waals surface area contributed by atoms with Crippen LogP contribution in [0.4, 0.5) is 0 Å². The summed E-state index contributed by atoms with van der Waals surface area (Å²) < 4.78 is 0. The lowest BCUT2D eigenvalue weighted by molar-refractivity contribution is -0.128. The molecule has 0 bridgehead atoms. The van der Waals surface area contributed by atoms with Gasteiger partial charge in [0.25, 0.3) is 5.91 Å². The highest BCUT2D eigenvalue weighted by atomic mass is 16.2. The number of nitrogens with zero attached hydrogens (tertiary/aromatic N) is 2. The number of nitrogens with one attached hydrogen (secondary N) is 1. The topological polar surface area (TPSA) is 52.7 Å². The lowest BCUT2D eigenvalue weighted by Crippen LogP contribution is -2.35. The first-order valence-electron chi connectivity index (χ1n) is 10.5. The third-order valence-electron chi connectivity index (χ3n) is 5.93. The Hall–Kier alpha value is -1.88. The molecule has 3 rings (SSSR count). The molecule has 27 heavy (non-hydrogen) atoms. The van der Waals surface area contributed by atoms with E-state index in [0.717, 1.165) is 37.5 Å². The number of amides is 2. The van der Waals surface area contributed by atoms with Crippen LogP contribution in [0.15, 0.2) is 24.3 Å². The molecule has 2 amide bonds. The predicted octanol–water partition coefficient (Wildman–Crippen LogP) is 3.19. The molecule has 1 aromatic carbocycles. The fourth-order valence-corrected chi connectivity index (χ4v) is 4.19. The van der Waals surface area contributed by atoms with Gasteiger partial charge < -0.3 is 15.1 Å².